The van der Waals surface area contributed by atoms with Crippen LogP contribution in [-0.2, 0) is 33.6 Å². The average Bonchev–Trinajstić information content (AvgIpc) is 3.22. The highest BCUT2D eigenvalue weighted by Crippen LogP contribution is 2.16. The predicted molar refractivity (Wildman–Crippen MR) is 265 cm³/mol. The van der Waals surface area contributed by atoms with E-state index in [0.29, 0.717) is 52.1 Å². The van der Waals surface area contributed by atoms with Gasteiger partial charge in [-0.3, -0.25) is 28.1 Å². The van der Waals surface area contributed by atoms with Gasteiger partial charge in [-0.15, -0.1) is 0 Å². The highest BCUT2D eigenvalue weighted by atomic mass is 32.3. The topological polar surface area (TPSA) is 163 Å². The lowest BCUT2D eigenvalue weighted by molar-refractivity contribution is -0.150. The summed E-state index contributed by atoms with van der Waals surface area (Å²) in [6, 6.07) is 0. The molecule has 0 aromatic carbocycles. The molecule has 0 spiro atoms. The van der Waals surface area contributed by atoms with Crippen molar-refractivity contribution < 1.29 is 46.4 Å². The van der Waals surface area contributed by atoms with Crippen molar-refractivity contribution in [2.45, 2.75) is 271 Å². The van der Waals surface area contributed by atoms with Crippen LogP contribution in [0.1, 0.15) is 247 Å². The summed E-state index contributed by atoms with van der Waals surface area (Å²) in [4.78, 5) is 29.8. The van der Waals surface area contributed by atoms with E-state index in [2.05, 4.69) is 27.8 Å². The van der Waals surface area contributed by atoms with Crippen LogP contribution in [0.3, 0.4) is 0 Å². The SMILES string of the molecule is CCCCCCCCCCCCCCCCCC(=O)OC(C)CN(CCN(CC(C)O)CC(C)O)CC(C)OC(=O)CCCCCCCCCCCCCCCCC.COS(=O)(=O)O. The summed E-state index contributed by atoms with van der Waals surface area (Å²) in [7, 11) is -3.29. The molecule has 12 nitrogen and oxygen atoms in total. The van der Waals surface area contributed by atoms with Gasteiger partial charge >= 0.3 is 22.3 Å². The zero-order valence-corrected chi connectivity index (χ0v) is 43.5. The molecule has 3 N–H and O–H groups in total. The Balaban J connectivity index is 0. The molecule has 384 valence electrons. The second-order valence-corrected chi connectivity index (χ2v) is 20.0. The molecule has 0 rings (SSSR count). The van der Waals surface area contributed by atoms with Crippen LogP contribution in [0.2, 0.25) is 0 Å². The quantitative estimate of drug-likeness (QED) is 0.0301. The second kappa shape index (κ2) is 46.7. The number of hydrogen-bond donors (Lipinski definition) is 3. The summed E-state index contributed by atoms with van der Waals surface area (Å²) < 4.78 is 41.4. The molecule has 64 heavy (non-hydrogen) atoms. The van der Waals surface area contributed by atoms with Gasteiger partial charge in [-0.1, -0.05) is 194 Å². The lowest BCUT2D eigenvalue weighted by Gasteiger charge is -2.31. The van der Waals surface area contributed by atoms with Crippen molar-refractivity contribution in [2.75, 3.05) is 46.4 Å². The van der Waals surface area contributed by atoms with E-state index < -0.39 is 22.6 Å². The number of aliphatic hydroxyl groups is 2. The van der Waals surface area contributed by atoms with Crippen LogP contribution in [-0.4, -0.2) is 116 Å². The normalized spacial score (nSPS) is 13.7. The molecule has 0 heterocycles. The van der Waals surface area contributed by atoms with Gasteiger partial charge < -0.3 is 19.7 Å². The van der Waals surface area contributed by atoms with Gasteiger partial charge in [-0.25, -0.2) is 0 Å². The fourth-order valence-corrected chi connectivity index (χ4v) is 8.19. The van der Waals surface area contributed by atoms with Crippen molar-refractivity contribution in [1.82, 2.24) is 9.80 Å². The first-order chi connectivity index (χ1) is 30.6. The number of aliphatic hydroxyl groups excluding tert-OH is 2. The molecule has 4 atom stereocenters. The molecule has 0 aromatic rings. The highest BCUT2D eigenvalue weighted by Gasteiger charge is 2.21. The van der Waals surface area contributed by atoms with Gasteiger partial charge in [-0.05, 0) is 40.5 Å². The molecule has 0 saturated heterocycles. The second-order valence-electron chi connectivity index (χ2n) is 18.8. The zero-order chi connectivity index (χ0) is 48.1. The lowest BCUT2D eigenvalue weighted by atomic mass is 10.0. The summed E-state index contributed by atoms with van der Waals surface area (Å²) in [6.45, 7) is 15.2. The third-order valence-electron chi connectivity index (χ3n) is 11.7. The molecule has 0 aliphatic rings. The minimum Gasteiger partial charge on any atom is -0.461 e. The molecule has 0 amide bonds. The maximum atomic E-state index is 12.8. The largest absolute Gasteiger partial charge is 0.461 e. The van der Waals surface area contributed by atoms with Crippen molar-refractivity contribution in [3.05, 3.63) is 0 Å². The van der Waals surface area contributed by atoms with Crippen LogP contribution in [0.25, 0.3) is 0 Å². The Morgan fingerprint density at radius 1 is 0.438 bits per heavy atom. The first-order valence-corrected chi connectivity index (χ1v) is 27.7. The van der Waals surface area contributed by atoms with Crippen LogP contribution < -0.4 is 0 Å². The van der Waals surface area contributed by atoms with Crippen molar-refractivity contribution in [3.63, 3.8) is 0 Å². The molecule has 4 unspecified atom stereocenters. The van der Waals surface area contributed by atoms with E-state index in [1.165, 1.54) is 167 Å². The molecule has 13 heteroatoms. The van der Waals surface area contributed by atoms with Gasteiger partial charge in [-0.2, -0.15) is 8.42 Å². The third-order valence-corrected chi connectivity index (χ3v) is 12.1. The van der Waals surface area contributed by atoms with Crippen LogP contribution in [0, 0.1) is 0 Å². The number of ether oxygens (including phenoxy) is 2. The van der Waals surface area contributed by atoms with Gasteiger partial charge in [0.25, 0.3) is 0 Å². The van der Waals surface area contributed by atoms with E-state index in [1.807, 2.05) is 13.8 Å². The van der Waals surface area contributed by atoms with E-state index in [0.717, 1.165) is 32.8 Å². The van der Waals surface area contributed by atoms with E-state index in [-0.39, 0.29) is 24.1 Å². The van der Waals surface area contributed by atoms with E-state index in [9.17, 15) is 28.2 Å². The van der Waals surface area contributed by atoms with Crippen LogP contribution in [0.5, 0.6) is 0 Å². The van der Waals surface area contributed by atoms with Crippen molar-refractivity contribution in [1.29, 1.82) is 0 Å². The smallest absolute Gasteiger partial charge is 0.397 e. The summed E-state index contributed by atoms with van der Waals surface area (Å²) in [5, 5.41) is 20.1. The number of carbonyl (C=O) groups is 2. The monoisotopic (exact) mass is 937 g/mol. The zero-order valence-electron chi connectivity index (χ0n) is 42.7. The molecular formula is C51H104N2O10S. The Hall–Kier alpha value is -1.35. The third kappa shape index (κ3) is 51.6. The molecule has 0 aliphatic carbocycles. The number of esters is 2. The summed E-state index contributed by atoms with van der Waals surface area (Å²) in [5.41, 5.74) is 0. The van der Waals surface area contributed by atoms with E-state index in [1.54, 1.807) is 13.8 Å². The van der Waals surface area contributed by atoms with Crippen molar-refractivity contribution >= 4 is 22.3 Å². The molecule has 0 radical (unpaired) electrons. The summed E-state index contributed by atoms with van der Waals surface area (Å²) in [5.74, 6) is -0.287. The lowest BCUT2D eigenvalue weighted by Crippen LogP contribution is -2.45. The Bertz CT molecular complexity index is 1060. The van der Waals surface area contributed by atoms with Gasteiger partial charge in [0, 0.05) is 52.1 Å². The Labute approximate surface area is 395 Å². The fraction of sp³-hybridized carbons (Fsp3) is 0.961. The van der Waals surface area contributed by atoms with Gasteiger partial charge in [0.1, 0.15) is 12.2 Å². The minimum atomic E-state index is -4.16. The number of hydrogen-bond acceptors (Lipinski definition) is 11. The molecular weight excluding hydrogens is 833 g/mol. The molecule has 0 aromatic heterocycles. The molecule has 0 bridgehead atoms. The Kier molecular flexibility index (Phi) is 47.3. The van der Waals surface area contributed by atoms with Crippen molar-refractivity contribution in [3.8, 4) is 0 Å². The van der Waals surface area contributed by atoms with Gasteiger partial charge in [0.2, 0.25) is 0 Å². The van der Waals surface area contributed by atoms with Crippen LogP contribution >= 0.6 is 0 Å². The Morgan fingerprint density at radius 3 is 0.875 bits per heavy atom. The standard InChI is InChI=1S/C50H100N2O6.CH4O4S/c1-7-9-11-13-15-17-19-21-23-25-27-29-31-33-35-37-49(55)57-47(5)43-52(40-39-51(41-45(3)53)42-46(4)54)44-48(6)58-50(56)38-36-34-32-30-28-26-24-22-20-18-16-14-12-10-8-2;1-5-6(2,3)4/h45-48,53-54H,7-44H2,1-6H3;1H3,(H,2,3,4). The molecule has 0 fully saturated rings. The van der Waals surface area contributed by atoms with Gasteiger partial charge in [0.15, 0.2) is 0 Å². The number of nitrogens with zero attached hydrogens (tertiary/aromatic N) is 2. The van der Waals surface area contributed by atoms with E-state index >= 15 is 0 Å². The minimum absolute atomic E-state index is 0.144. The first kappa shape index (κ1) is 64.7. The number of rotatable bonds is 46. The van der Waals surface area contributed by atoms with E-state index in [4.69, 9.17) is 14.0 Å². The number of unbranched alkanes of at least 4 members (excludes halogenated alkanes) is 28. The average molecular weight is 937 g/mol. The van der Waals surface area contributed by atoms with Crippen LogP contribution in [0.15, 0.2) is 0 Å². The van der Waals surface area contributed by atoms with Crippen LogP contribution in [0.4, 0.5) is 0 Å². The number of carbonyl (C=O) groups excluding carboxylic acids is 2. The van der Waals surface area contributed by atoms with Gasteiger partial charge in [0.05, 0.1) is 19.3 Å². The fourth-order valence-electron chi connectivity index (χ4n) is 8.19. The molecule has 0 saturated carbocycles. The maximum absolute atomic E-state index is 12.8. The first-order valence-electron chi connectivity index (χ1n) is 26.4. The molecule has 0 aliphatic heterocycles. The summed E-state index contributed by atoms with van der Waals surface area (Å²) >= 11 is 0. The summed E-state index contributed by atoms with van der Waals surface area (Å²) in [6.07, 6.45) is 38.2. The predicted octanol–water partition coefficient (Wildman–Crippen LogP) is 12.2. The Morgan fingerprint density at radius 2 is 0.656 bits per heavy atom. The maximum Gasteiger partial charge on any atom is 0.397 e. The highest BCUT2D eigenvalue weighted by molar-refractivity contribution is 7.80. The van der Waals surface area contributed by atoms with Crippen molar-refractivity contribution in [2.24, 2.45) is 0 Å².